The Morgan fingerprint density at radius 1 is 1.16 bits per heavy atom. The number of guanidine groups is 1. The van der Waals surface area contributed by atoms with E-state index >= 15 is 0 Å². The van der Waals surface area contributed by atoms with Gasteiger partial charge in [-0.2, -0.15) is 18.2 Å². The number of nitrogens with one attached hydrogen (secondary N) is 1. The van der Waals surface area contributed by atoms with Crippen LogP contribution in [0, 0.1) is 0 Å². The fraction of sp³-hybridized carbons (Fsp3) is 0.621. The number of amides is 2. The monoisotopic (exact) mass is 611 g/mol. The van der Waals surface area contributed by atoms with Gasteiger partial charge >= 0.3 is 18.4 Å². The summed E-state index contributed by atoms with van der Waals surface area (Å²) < 4.78 is 57.8. The number of halogens is 3. The molecule has 11 nitrogen and oxygen atoms in total. The number of carboxylic acid groups (broad SMARTS) is 1. The Bertz CT molecular complexity index is 1260. The maximum Gasteiger partial charge on any atom is 0.437 e. The van der Waals surface area contributed by atoms with Crippen LogP contribution in [0.3, 0.4) is 0 Å². The Labute approximate surface area is 248 Å². The Morgan fingerprint density at radius 3 is 2.56 bits per heavy atom. The number of likely N-dealkylation sites (tertiary alicyclic amines) is 1. The molecule has 2 heterocycles. The average molecular weight is 612 g/mol. The lowest BCUT2D eigenvalue weighted by Gasteiger charge is -2.32. The van der Waals surface area contributed by atoms with Gasteiger partial charge in [0.2, 0.25) is 17.7 Å². The first kappa shape index (κ1) is 33.7. The second-order valence-corrected chi connectivity index (χ2v) is 11.4. The molecule has 1 aliphatic heterocycles. The number of hydrogen-bond acceptors (Lipinski definition) is 7. The van der Waals surface area contributed by atoms with Crippen LogP contribution in [-0.2, 0) is 10.9 Å². The maximum absolute atomic E-state index is 13.9. The van der Waals surface area contributed by atoms with E-state index in [1.165, 1.54) is 12.1 Å². The van der Waals surface area contributed by atoms with Gasteiger partial charge in [0.15, 0.2) is 0 Å². The smallest absolute Gasteiger partial charge is 0.437 e. The zero-order valence-corrected chi connectivity index (χ0v) is 25.0. The van der Waals surface area contributed by atoms with Gasteiger partial charge in [0.05, 0.1) is 18.1 Å². The number of nitrogens with zero attached hydrogens (tertiary/aromatic N) is 4. The van der Waals surface area contributed by atoms with Gasteiger partial charge in [-0.25, -0.2) is 9.59 Å². The number of alkyl halides is 3. The quantitative estimate of drug-likeness (QED) is 0.162. The van der Waals surface area contributed by atoms with Crippen molar-refractivity contribution < 1.29 is 41.9 Å². The van der Waals surface area contributed by atoms with E-state index in [1.54, 1.807) is 25.7 Å². The minimum Gasteiger partial charge on any atom is -0.493 e. The molecule has 1 aromatic carbocycles. The predicted molar refractivity (Wildman–Crippen MR) is 152 cm³/mol. The van der Waals surface area contributed by atoms with Crippen LogP contribution in [0.25, 0.3) is 11.4 Å². The lowest BCUT2D eigenvalue weighted by atomic mass is 9.98. The highest BCUT2D eigenvalue weighted by atomic mass is 19.4. The average Bonchev–Trinajstić information content (AvgIpc) is 3.41. The summed E-state index contributed by atoms with van der Waals surface area (Å²) in [5.74, 6) is -0.705. The molecule has 1 saturated heterocycles. The Hall–Kier alpha value is -3.84. The van der Waals surface area contributed by atoms with Crippen LogP contribution in [0.4, 0.5) is 22.8 Å². The van der Waals surface area contributed by atoms with Gasteiger partial charge in [-0.15, -0.1) is 4.99 Å². The largest absolute Gasteiger partial charge is 0.493 e. The third-order valence-electron chi connectivity index (χ3n) is 6.62. The molecule has 1 unspecified atom stereocenters. The predicted octanol–water partition coefficient (Wildman–Crippen LogP) is 7.23. The number of aliphatic imine (C=N–C) groups is 1. The minimum absolute atomic E-state index is 0.0218. The number of aromatic nitrogens is 2. The molecule has 0 saturated carbocycles. The standard InChI is InChI=1S/C29H40F3N5O6/c1-5-6-7-8-9-10-16-41-22-14-13-19(17-21(22)29(30,31)32)23-33-24(43-36-23)20-12-11-15-37(18-20)25(34-26(38)39)35-27(40)42-28(2,3)4/h13-14,17,20H,5-12,15-16,18H2,1-4H3,(H,38,39)(H,34,35,40). The van der Waals surface area contributed by atoms with E-state index in [0.717, 1.165) is 38.2 Å². The molecular weight excluding hydrogens is 571 g/mol. The number of carbonyl (C=O) groups excluding carboxylic acids is 1. The first-order chi connectivity index (χ1) is 20.3. The van der Waals surface area contributed by atoms with Crippen LogP contribution < -0.4 is 10.1 Å². The molecule has 0 spiro atoms. The van der Waals surface area contributed by atoms with Gasteiger partial charge in [0.1, 0.15) is 11.4 Å². The van der Waals surface area contributed by atoms with Gasteiger partial charge in [0, 0.05) is 18.7 Å². The summed E-state index contributed by atoms with van der Waals surface area (Å²) in [6, 6.07) is 3.67. The van der Waals surface area contributed by atoms with E-state index in [0.29, 0.717) is 25.8 Å². The molecule has 0 radical (unpaired) electrons. The second-order valence-electron chi connectivity index (χ2n) is 11.4. The van der Waals surface area contributed by atoms with Gasteiger partial charge in [-0.3, -0.25) is 5.32 Å². The molecule has 1 aromatic heterocycles. The van der Waals surface area contributed by atoms with Crippen LogP contribution >= 0.6 is 0 Å². The van der Waals surface area contributed by atoms with Crippen molar-refractivity contribution in [3.63, 3.8) is 0 Å². The molecule has 0 bridgehead atoms. The molecule has 2 aromatic rings. The number of hydrogen-bond donors (Lipinski definition) is 2. The molecule has 14 heteroatoms. The fourth-order valence-electron chi connectivity index (χ4n) is 4.61. The molecule has 2 N–H and O–H groups in total. The summed E-state index contributed by atoms with van der Waals surface area (Å²) in [6.45, 7) is 7.83. The first-order valence-corrected chi connectivity index (χ1v) is 14.5. The summed E-state index contributed by atoms with van der Waals surface area (Å²) in [5.41, 5.74) is -1.64. The van der Waals surface area contributed by atoms with E-state index in [4.69, 9.17) is 14.0 Å². The van der Waals surface area contributed by atoms with Gasteiger partial charge in [-0.05, 0) is 58.2 Å². The highest BCUT2D eigenvalue weighted by Gasteiger charge is 2.35. The SMILES string of the molecule is CCCCCCCCOc1ccc(-c2noc(C3CCCN(C(=NC(=O)OC(C)(C)C)NC(=O)O)C3)n2)cc1C(F)(F)F. The summed E-state index contributed by atoms with van der Waals surface area (Å²) in [4.78, 5) is 33.3. The topological polar surface area (TPSA) is 139 Å². The number of carbonyl (C=O) groups is 2. The minimum atomic E-state index is -4.65. The number of rotatable bonds is 10. The van der Waals surface area contributed by atoms with Crippen molar-refractivity contribution >= 4 is 18.1 Å². The first-order valence-electron chi connectivity index (χ1n) is 14.5. The lowest BCUT2D eigenvalue weighted by molar-refractivity contribution is -0.138. The zero-order chi connectivity index (χ0) is 31.6. The summed E-state index contributed by atoms with van der Waals surface area (Å²) >= 11 is 0. The molecule has 1 atom stereocenters. The fourth-order valence-corrected chi connectivity index (χ4v) is 4.61. The van der Waals surface area contributed by atoms with E-state index in [1.807, 2.05) is 0 Å². The van der Waals surface area contributed by atoms with E-state index in [9.17, 15) is 27.9 Å². The van der Waals surface area contributed by atoms with Crippen LogP contribution in [0.5, 0.6) is 5.75 Å². The maximum atomic E-state index is 13.9. The molecule has 1 fully saturated rings. The molecule has 43 heavy (non-hydrogen) atoms. The zero-order valence-electron chi connectivity index (χ0n) is 25.0. The third kappa shape index (κ3) is 10.7. The number of unbranched alkanes of at least 4 members (excludes halogenated alkanes) is 5. The van der Waals surface area contributed by atoms with Crippen molar-refractivity contribution in [1.29, 1.82) is 0 Å². The van der Waals surface area contributed by atoms with Crippen LogP contribution in [0.1, 0.15) is 96.4 Å². The summed E-state index contributed by atoms with van der Waals surface area (Å²) in [6.07, 6.45) is 0.0826. The molecule has 3 rings (SSSR count). The van der Waals surface area contributed by atoms with Crippen molar-refractivity contribution in [3.8, 4) is 17.1 Å². The van der Waals surface area contributed by atoms with E-state index in [2.05, 4.69) is 27.4 Å². The van der Waals surface area contributed by atoms with Crippen molar-refractivity contribution in [2.24, 2.45) is 4.99 Å². The molecule has 0 aliphatic carbocycles. The lowest BCUT2D eigenvalue weighted by Crippen LogP contribution is -2.48. The van der Waals surface area contributed by atoms with Crippen LogP contribution in [0.15, 0.2) is 27.7 Å². The molecular formula is C29H40F3N5O6. The Kier molecular flexibility index (Phi) is 11.8. The number of benzene rings is 1. The normalized spacial score (nSPS) is 16.2. The van der Waals surface area contributed by atoms with Crippen molar-refractivity contribution in [2.75, 3.05) is 19.7 Å². The van der Waals surface area contributed by atoms with Crippen LogP contribution in [0.2, 0.25) is 0 Å². The summed E-state index contributed by atoms with van der Waals surface area (Å²) in [5, 5.41) is 15.3. The van der Waals surface area contributed by atoms with Crippen LogP contribution in [-0.4, -0.2) is 63.6 Å². The van der Waals surface area contributed by atoms with Crippen molar-refractivity contribution in [3.05, 3.63) is 29.7 Å². The Morgan fingerprint density at radius 2 is 1.88 bits per heavy atom. The second kappa shape index (κ2) is 15.1. The van der Waals surface area contributed by atoms with E-state index in [-0.39, 0.29) is 42.1 Å². The number of ether oxygens (including phenoxy) is 2. The van der Waals surface area contributed by atoms with E-state index < -0.39 is 35.4 Å². The van der Waals surface area contributed by atoms with Gasteiger partial charge in [-0.1, -0.05) is 44.2 Å². The molecule has 2 amide bonds. The molecule has 1 aliphatic rings. The van der Waals surface area contributed by atoms with Crippen molar-refractivity contribution in [1.82, 2.24) is 20.4 Å². The summed E-state index contributed by atoms with van der Waals surface area (Å²) in [7, 11) is 0. The van der Waals surface area contributed by atoms with Gasteiger partial charge < -0.3 is 24.0 Å². The highest BCUT2D eigenvalue weighted by molar-refractivity contribution is 5.98. The Balaban J connectivity index is 1.73. The van der Waals surface area contributed by atoms with Crippen molar-refractivity contribution in [2.45, 2.75) is 96.8 Å². The number of piperidine rings is 1. The molecule has 238 valence electrons. The van der Waals surface area contributed by atoms with Gasteiger partial charge in [0.25, 0.3) is 0 Å². The third-order valence-corrected chi connectivity index (χ3v) is 6.62. The highest BCUT2D eigenvalue weighted by Crippen LogP contribution is 2.39.